The first-order valence-corrected chi connectivity index (χ1v) is 32.4. The summed E-state index contributed by atoms with van der Waals surface area (Å²) in [6, 6.07) is 59.2. The fraction of sp³-hybridized carbons (Fsp3) is 0.407. The monoisotopic (exact) mass is 1120 g/mol. The van der Waals surface area contributed by atoms with E-state index in [9.17, 15) is 0 Å². The van der Waals surface area contributed by atoms with Crippen LogP contribution in [-0.4, -0.2) is 12.3 Å². The average Bonchev–Trinajstić information content (AvgIpc) is 1.67. The molecular weight excluding hydrogens is 1030 g/mol. The third kappa shape index (κ3) is 7.33. The van der Waals surface area contributed by atoms with Crippen molar-refractivity contribution in [3.63, 3.8) is 0 Å². The van der Waals surface area contributed by atoms with Crippen molar-refractivity contribution in [3.05, 3.63) is 207 Å². The molecule has 0 N–H and O–H groups in total. The second-order valence-electron chi connectivity index (χ2n) is 32.8. The molecule has 0 aromatic heterocycles. The van der Waals surface area contributed by atoms with Gasteiger partial charge >= 0.3 is 0 Å². The SMILES string of the molecule is Cc1cc2c(cc1N1c3cc4c(cc3B3c5cc6c(cc5N(c5ccc(C(C)(C)C)cc5-c5ccccc5)c5cc(N7c8ccccc8C8(C)CCCCC78C)cc1c53)C(C)(C)CC6(C)C)C(C)(C)CC4(C)C)C(C)(C)c1ccccc1C2(C)C. The number of anilines is 8. The minimum Gasteiger partial charge on any atom is -0.334 e. The van der Waals surface area contributed by atoms with Crippen molar-refractivity contribution in [1.82, 2.24) is 0 Å². The van der Waals surface area contributed by atoms with Crippen molar-refractivity contribution in [3.8, 4) is 11.1 Å². The van der Waals surface area contributed by atoms with Crippen LogP contribution in [0.3, 0.4) is 0 Å². The van der Waals surface area contributed by atoms with E-state index in [1.807, 2.05) is 0 Å². The largest absolute Gasteiger partial charge is 0.334 e. The van der Waals surface area contributed by atoms with Gasteiger partial charge in [0.15, 0.2) is 0 Å². The summed E-state index contributed by atoms with van der Waals surface area (Å²) in [4.78, 5) is 8.48. The maximum Gasteiger partial charge on any atom is 0.252 e. The molecule has 1 saturated carbocycles. The van der Waals surface area contributed by atoms with Crippen LogP contribution in [0.15, 0.2) is 146 Å². The van der Waals surface area contributed by atoms with Gasteiger partial charge in [0.05, 0.1) is 11.2 Å². The zero-order chi connectivity index (χ0) is 59.9. The van der Waals surface area contributed by atoms with Gasteiger partial charge in [0, 0.05) is 61.6 Å². The maximum absolute atomic E-state index is 2.86. The lowest BCUT2D eigenvalue weighted by molar-refractivity contribution is 0.195. The summed E-state index contributed by atoms with van der Waals surface area (Å²) in [7, 11) is 0. The summed E-state index contributed by atoms with van der Waals surface area (Å²) in [5.41, 5.74) is 32.3. The van der Waals surface area contributed by atoms with Crippen LogP contribution in [0.2, 0.25) is 0 Å². The van der Waals surface area contributed by atoms with Gasteiger partial charge in [-0.05, 0) is 198 Å². The van der Waals surface area contributed by atoms with Crippen LogP contribution >= 0.6 is 0 Å². The number of nitrogens with zero attached hydrogens (tertiary/aromatic N) is 3. The topological polar surface area (TPSA) is 9.72 Å². The van der Waals surface area contributed by atoms with Gasteiger partial charge in [-0.3, -0.25) is 0 Å². The molecule has 2 atom stereocenters. The third-order valence-corrected chi connectivity index (χ3v) is 23.7. The van der Waals surface area contributed by atoms with E-state index < -0.39 is 0 Å². The molecule has 7 aliphatic rings. The highest BCUT2D eigenvalue weighted by Gasteiger charge is 2.59. The second-order valence-corrected chi connectivity index (χ2v) is 32.8. The lowest BCUT2D eigenvalue weighted by Gasteiger charge is -2.51. The Labute approximate surface area is 510 Å². The van der Waals surface area contributed by atoms with Gasteiger partial charge in [0.1, 0.15) is 0 Å². The molecule has 4 heteroatoms. The van der Waals surface area contributed by atoms with E-state index in [2.05, 4.69) is 285 Å². The van der Waals surface area contributed by atoms with E-state index >= 15 is 0 Å². The van der Waals surface area contributed by atoms with Crippen molar-refractivity contribution < 1.29 is 0 Å². The Bertz CT molecular complexity index is 4200. The number of para-hydroxylation sites is 1. The molecule has 0 amide bonds. The molecular formula is C81H90BN3. The molecule has 0 radical (unpaired) electrons. The van der Waals surface area contributed by atoms with E-state index in [0.29, 0.717) is 0 Å². The molecule has 2 unspecified atom stereocenters. The molecule has 15 rings (SSSR count). The number of fused-ring (bicyclic) bond motifs is 11. The summed E-state index contributed by atoms with van der Waals surface area (Å²) in [5, 5.41) is 0. The van der Waals surface area contributed by atoms with E-state index in [0.717, 1.165) is 19.3 Å². The van der Waals surface area contributed by atoms with Crippen LogP contribution in [0.25, 0.3) is 11.1 Å². The van der Waals surface area contributed by atoms with E-state index in [1.165, 1.54) is 153 Å². The molecule has 0 bridgehead atoms. The van der Waals surface area contributed by atoms with Gasteiger partial charge in [-0.1, -0.05) is 221 Å². The standard InChI is InChI=1S/C81H90BN3/c1-49-38-61-62(79(15,16)55-31-23-22-30-54(55)78(61,13)14)46-67(49)84-69-45-60-58(75(7,8)48-77(60,11)12)43-64(69)82-63-42-57-59(76(9,10)47-74(57,5)6)44-68(63)83(65-35-34-51(73(2,3)4)39-53(65)50-28-20-19-21-29-50)70-40-52(41-71(84)72(70)82)85-66-33-25-24-32-56(66)80(17)36-26-27-37-81(80,85)18/h19-25,28-35,38-46H,26-27,36-37,47-48H2,1-18H3. The second kappa shape index (κ2) is 17.3. The van der Waals surface area contributed by atoms with Crippen LogP contribution in [-0.2, 0) is 43.3 Å². The highest BCUT2D eigenvalue weighted by atomic mass is 15.3. The van der Waals surface area contributed by atoms with Crippen molar-refractivity contribution in [2.24, 2.45) is 0 Å². The minimum absolute atomic E-state index is 0.00546. The fourth-order valence-electron chi connectivity index (χ4n) is 19.5. The number of aryl methyl sites for hydroxylation is 1. The minimum atomic E-state index is -0.237. The Morgan fingerprint density at radius 3 is 1.42 bits per heavy atom. The van der Waals surface area contributed by atoms with Crippen LogP contribution < -0.4 is 31.1 Å². The molecule has 8 aromatic carbocycles. The van der Waals surface area contributed by atoms with Crippen LogP contribution in [0.1, 0.15) is 217 Å². The highest BCUT2D eigenvalue weighted by Crippen LogP contribution is 2.63. The number of hydrogen-bond acceptors (Lipinski definition) is 3. The molecule has 432 valence electrons. The first kappa shape index (κ1) is 54.8. The molecule has 1 fully saturated rings. The highest BCUT2D eigenvalue weighted by molar-refractivity contribution is 7.00. The lowest BCUT2D eigenvalue weighted by atomic mass is 9.33. The van der Waals surface area contributed by atoms with Crippen molar-refractivity contribution >= 4 is 68.6 Å². The van der Waals surface area contributed by atoms with Gasteiger partial charge in [-0.25, -0.2) is 0 Å². The summed E-state index contributed by atoms with van der Waals surface area (Å²) >= 11 is 0. The molecule has 3 aliphatic heterocycles. The van der Waals surface area contributed by atoms with Crippen LogP contribution in [0.5, 0.6) is 0 Å². The van der Waals surface area contributed by atoms with Gasteiger partial charge in [-0.15, -0.1) is 0 Å². The number of rotatable bonds is 4. The normalized spacial score (nSPS) is 23.2. The molecule has 0 spiro atoms. The molecule has 0 saturated heterocycles. The fourth-order valence-corrected chi connectivity index (χ4v) is 19.5. The zero-order valence-corrected chi connectivity index (χ0v) is 54.5. The molecule has 3 heterocycles. The maximum atomic E-state index is 2.86. The first-order valence-electron chi connectivity index (χ1n) is 32.4. The van der Waals surface area contributed by atoms with Crippen molar-refractivity contribution in [2.45, 2.75) is 212 Å². The van der Waals surface area contributed by atoms with E-state index in [4.69, 9.17) is 0 Å². The smallest absolute Gasteiger partial charge is 0.252 e. The Morgan fingerprint density at radius 1 is 0.400 bits per heavy atom. The third-order valence-electron chi connectivity index (χ3n) is 23.7. The van der Waals surface area contributed by atoms with Crippen LogP contribution in [0.4, 0.5) is 45.5 Å². The van der Waals surface area contributed by atoms with E-state index in [-0.39, 0.29) is 55.6 Å². The molecule has 85 heavy (non-hydrogen) atoms. The molecule has 8 aromatic rings. The zero-order valence-electron chi connectivity index (χ0n) is 54.5. The Hall–Kier alpha value is -6.78. The molecule has 4 aliphatic carbocycles. The summed E-state index contributed by atoms with van der Waals surface area (Å²) in [6.07, 6.45) is 6.97. The average molecular weight is 1120 g/mol. The Balaban J connectivity index is 1.13. The predicted molar refractivity (Wildman–Crippen MR) is 364 cm³/mol. The predicted octanol–water partition coefficient (Wildman–Crippen LogP) is 19.7. The van der Waals surface area contributed by atoms with Crippen LogP contribution in [0, 0.1) is 6.92 Å². The Morgan fingerprint density at radius 2 is 0.871 bits per heavy atom. The van der Waals surface area contributed by atoms with Gasteiger partial charge in [0.25, 0.3) is 6.71 Å². The Kier molecular flexibility index (Phi) is 11.1. The summed E-state index contributed by atoms with van der Waals surface area (Å²) < 4.78 is 0. The first-order chi connectivity index (χ1) is 39.9. The summed E-state index contributed by atoms with van der Waals surface area (Å²) in [6.45, 7) is 44.7. The number of hydrogen-bond donors (Lipinski definition) is 0. The quantitative estimate of drug-likeness (QED) is 0.163. The lowest BCUT2D eigenvalue weighted by Crippen LogP contribution is -2.62. The summed E-state index contributed by atoms with van der Waals surface area (Å²) in [5.74, 6) is 0. The van der Waals surface area contributed by atoms with Gasteiger partial charge in [0.2, 0.25) is 0 Å². The number of benzene rings is 8. The van der Waals surface area contributed by atoms with Crippen molar-refractivity contribution in [2.75, 3.05) is 14.7 Å². The van der Waals surface area contributed by atoms with Crippen molar-refractivity contribution in [1.29, 1.82) is 0 Å². The van der Waals surface area contributed by atoms with Gasteiger partial charge < -0.3 is 14.7 Å². The molecule has 3 nitrogen and oxygen atoms in total. The van der Waals surface area contributed by atoms with Gasteiger partial charge in [-0.2, -0.15) is 0 Å². The van der Waals surface area contributed by atoms with E-state index in [1.54, 1.807) is 0 Å².